The minimum atomic E-state index is -2.58. The van der Waals surface area contributed by atoms with Crippen LogP contribution in [-0.4, -0.2) is 13.0 Å². The fourth-order valence-corrected chi connectivity index (χ4v) is 3.98. The highest BCUT2D eigenvalue weighted by atomic mass is 19.3. The minimum absolute atomic E-state index is 0.110. The first kappa shape index (κ1) is 19.7. The lowest BCUT2D eigenvalue weighted by molar-refractivity contribution is -0.0749. The lowest BCUT2D eigenvalue weighted by Gasteiger charge is -2.33. The number of halogens is 4. The zero-order chi connectivity index (χ0) is 19.6. The van der Waals surface area contributed by atoms with Crippen LogP contribution in [0.5, 0.6) is 5.75 Å². The number of hydrogen-bond donors (Lipinski definition) is 0. The van der Waals surface area contributed by atoms with Crippen LogP contribution in [0.3, 0.4) is 0 Å². The second kappa shape index (κ2) is 7.91. The summed E-state index contributed by atoms with van der Waals surface area (Å²) in [4.78, 5) is 0. The molecule has 1 fully saturated rings. The highest BCUT2D eigenvalue weighted by Crippen LogP contribution is 2.43. The maximum Gasteiger partial charge on any atom is 0.250 e. The van der Waals surface area contributed by atoms with Gasteiger partial charge in [-0.15, -0.1) is 0 Å². The summed E-state index contributed by atoms with van der Waals surface area (Å²) in [5.41, 5.74) is 1.81. The van der Waals surface area contributed by atoms with Gasteiger partial charge in [0.2, 0.25) is 5.82 Å². The van der Waals surface area contributed by atoms with Crippen LogP contribution in [0.25, 0.3) is 11.1 Å². The second-order valence-electron chi connectivity index (χ2n) is 7.23. The van der Waals surface area contributed by atoms with Crippen molar-refractivity contribution < 1.29 is 22.3 Å². The number of hydrogen-bond acceptors (Lipinski definition) is 1. The summed E-state index contributed by atoms with van der Waals surface area (Å²) in [5.74, 6) is -4.95. The van der Waals surface area contributed by atoms with E-state index in [2.05, 4.69) is 0 Å². The van der Waals surface area contributed by atoms with Gasteiger partial charge in [-0.2, -0.15) is 4.39 Å². The fraction of sp³-hybridized carbons (Fsp3) is 0.455. The van der Waals surface area contributed by atoms with Gasteiger partial charge in [-0.25, -0.2) is 13.2 Å². The molecule has 1 nitrogen and oxygen atoms in total. The molecule has 0 aliphatic heterocycles. The molecule has 0 atom stereocenters. The molecule has 0 amide bonds. The average Bonchev–Trinajstić information content (AvgIpc) is 2.70. The molecule has 0 saturated heterocycles. The van der Waals surface area contributed by atoms with Crippen LogP contribution in [0.4, 0.5) is 17.6 Å². The maximum absolute atomic E-state index is 14.3. The number of methoxy groups -OCH3 is 1. The van der Waals surface area contributed by atoms with E-state index in [9.17, 15) is 17.6 Å². The number of alkyl halides is 2. The molecule has 5 heteroatoms. The van der Waals surface area contributed by atoms with Crippen LogP contribution in [0.2, 0.25) is 0 Å². The minimum Gasteiger partial charge on any atom is -0.494 e. The SMILES string of the molecule is CCC(F)(F)C1CCC(c2ccc(-c3ccc(OC)c(F)c3F)cc2)CC1. The molecule has 0 unspecified atom stereocenters. The maximum atomic E-state index is 14.3. The van der Waals surface area contributed by atoms with Gasteiger partial charge in [-0.1, -0.05) is 31.2 Å². The molecule has 1 saturated carbocycles. The van der Waals surface area contributed by atoms with Crippen molar-refractivity contribution in [2.45, 2.75) is 50.9 Å². The van der Waals surface area contributed by atoms with Crippen LogP contribution in [0.1, 0.15) is 50.5 Å². The Morgan fingerprint density at radius 3 is 2.11 bits per heavy atom. The van der Waals surface area contributed by atoms with Gasteiger partial charge in [0.1, 0.15) is 0 Å². The Kier molecular flexibility index (Phi) is 5.78. The largest absolute Gasteiger partial charge is 0.494 e. The smallest absolute Gasteiger partial charge is 0.250 e. The molecule has 2 aromatic carbocycles. The van der Waals surface area contributed by atoms with Gasteiger partial charge < -0.3 is 4.74 Å². The van der Waals surface area contributed by atoms with Crippen molar-refractivity contribution in [1.82, 2.24) is 0 Å². The third-order valence-electron chi connectivity index (χ3n) is 5.76. The van der Waals surface area contributed by atoms with E-state index < -0.39 is 23.5 Å². The molecule has 146 valence electrons. The van der Waals surface area contributed by atoms with Gasteiger partial charge in [0, 0.05) is 17.9 Å². The van der Waals surface area contributed by atoms with E-state index in [1.54, 1.807) is 12.1 Å². The molecule has 3 rings (SSSR count). The highest BCUT2D eigenvalue weighted by molar-refractivity contribution is 5.65. The van der Waals surface area contributed by atoms with Gasteiger partial charge >= 0.3 is 0 Å². The van der Waals surface area contributed by atoms with Gasteiger partial charge in [-0.3, -0.25) is 0 Å². The third-order valence-corrected chi connectivity index (χ3v) is 5.76. The summed E-state index contributed by atoms with van der Waals surface area (Å²) < 4.78 is 60.7. The Morgan fingerprint density at radius 2 is 1.56 bits per heavy atom. The predicted molar refractivity (Wildman–Crippen MR) is 98.3 cm³/mol. The summed E-state index contributed by atoms with van der Waals surface area (Å²) in [7, 11) is 1.29. The molecular weight excluding hydrogens is 356 g/mol. The zero-order valence-electron chi connectivity index (χ0n) is 15.6. The number of ether oxygens (including phenoxy) is 1. The first-order valence-electron chi connectivity index (χ1n) is 9.37. The van der Waals surface area contributed by atoms with E-state index in [0.717, 1.165) is 18.4 Å². The molecule has 2 aromatic rings. The van der Waals surface area contributed by atoms with Crippen LogP contribution in [0, 0.1) is 17.6 Å². The fourth-order valence-electron chi connectivity index (χ4n) is 3.98. The second-order valence-corrected chi connectivity index (χ2v) is 7.23. The molecule has 1 aliphatic carbocycles. The Hall–Kier alpha value is -2.04. The molecule has 1 aliphatic rings. The van der Waals surface area contributed by atoms with E-state index >= 15 is 0 Å². The van der Waals surface area contributed by atoms with Gasteiger partial charge in [0.15, 0.2) is 11.6 Å². The van der Waals surface area contributed by atoms with Crippen molar-refractivity contribution >= 4 is 0 Å². The predicted octanol–water partition coefficient (Wildman–Crippen LogP) is 6.96. The van der Waals surface area contributed by atoms with Crippen LogP contribution < -0.4 is 4.74 Å². The monoisotopic (exact) mass is 380 g/mol. The van der Waals surface area contributed by atoms with Gasteiger partial charge in [-0.05, 0) is 54.9 Å². The van der Waals surface area contributed by atoms with Gasteiger partial charge in [0.05, 0.1) is 7.11 Å². The molecule has 0 heterocycles. The molecule has 0 radical (unpaired) electrons. The quantitative estimate of drug-likeness (QED) is 0.510. The Balaban J connectivity index is 1.73. The van der Waals surface area contributed by atoms with E-state index in [-0.39, 0.29) is 23.7 Å². The summed E-state index contributed by atoms with van der Waals surface area (Å²) in [6, 6.07) is 10.2. The van der Waals surface area contributed by atoms with Crippen LogP contribution in [-0.2, 0) is 0 Å². The van der Waals surface area contributed by atoms with Gasteiger partial charge in [0.25, 0.3) is 5.92 Å². The van der Waals surface area contributed by atoms with E-state index in [1.807, 2.05) is 12.1 Å². The lowest BCUT2D eigenvalue weighted by atomic mass is 9.76. The summed E-state index contributed by atoms with van der Waals surface area (Å²) in [5, 5.41) is 0. The Bertz CT molecular complexity index is 778. The van der Waals surface area contributed by atoms with Crippen molar-refractivity contribution in [3.63, 3.8) is 0 Å². The first-order valence-corrected chi connectivity index (χ1v) is 9.37. The van der Waals surface area contributed by atoms with E-state index in [0.29, 0.717) is 18.4 Å². The lowest BCUT2D eigenvalue weighted by Crippen LogP contribution is -2.30. The summed E-state index contributed by atoms with van der Waals surface area (Å²) in [6.07, 6.45) is 2.38. The third kappa shape index (κ3) is 3.97. The Labute approximate surface area is 157 Å². The molecule has 0 N–H and O–H groups in total. The van der Waals surface area contributed by atoms with Crippen LogP contribution >= 0.6 is 0 Å². The zero-order valence-corrected chi connectivity index (χ0v) is 15.6. The molecule has 0 bridgehead atoms. The van der Waals surface area contributed by atoms with Crippen molar-refractivity contribution in [2.75, 3.05) is 7.11 Å². The average molecular weight is 380 g/mol. The van der Waals surface area contributed by atoms with Crippen molar-refractivity contribution in [2.24, 2.45) is 5.92 Å². The summed E-state index contributed by atoms with van der Waals surface area (Å²) in [6.45, 7) is 1.53. The van der Waals surface area contributed by atoms with E-state index in [1.165, 1.54) is 26.2 Å². The van der Waals surface area contributed by atoms with Crippen molar-refractivity contribution in [3.8, 4) is 16.9 Å². The standard InChI is InChI=1S/C22H24F4O/c1-3-22(25,26)17-10-8-15(9-11-17)14-4-6-16(7-5-14)18-12-13-19(27-2)21(24)20(18)23/h4-7,12-13,15,17H,3,8-11H2,1-2H3. The van der Waals surface area contributed by atoms with Crippen molar-refractivity contribution in [1.29, 1.82) is 0 Å². The van der Waals surface area contributed by atoms with Crippen molar-refractivity contribution in [3.05, 3.63) is 53.6 Å². The molecule has 0 spiro atoms. The highest BCUT2D eigenvalue weighted by Gasteiger charge is 2.39. The molecule has 0 aromatic heterocycles. The number of rotatable bonds is 5. The Morgan fingerprint density at radius 1 is 0.926 bits per heavy atom. The molecular formula is C22H24F4O. The summed E-state index contributed by atoms with van der Waals surface area (Å²) >= 11 is 0. The normalized spacial score (nSPS) is 20.5. The van der Waals surface area contributed by atoms with Crippen LogP contribution in [0.15, 0.2) is 36.4 Å². The first-order chi connectivity index (χ1) is 12.9. The molecule has 27 heavy (non-hydrogen) atoms. The number of benzene rings is 2. The topological polar surface area (TPSA) is 9.23 Å². The van der Waals surface area contributed by atoms with E-state index in [4.69, 9.17) is 4.74 Å².